The number of rotatable bonds is 7. The van der Waals surface area contributed by atoms with Crippen LogP contribution in [0.3, 0.4) is 0 Å². The highest BCUT2D eigenvalue weighted by Crippen LogP contribution is 2.51. The molecule has 0 bridgehead atoms. The Bertz CT molecular complexity index is 519. The number of hydrogen-bond acceptors (Lipinski definition) is 3. The van der Waals surface area contributed by atoms with E-state index in [1.54, 1.807) is 0 Å². The van der Waals surface area contributed by atoms with Gasteiger partial charge in [0.05, 0.1) is 0 Å². The molecule has 4 heteroatoms. The SMILES string of the molecule is CC(C)C1(CNC2CC(NC(=O)OCc3ccccc3)C2)CC1. The second-order valence-corrected chi connectivity index (χ2v) is 7.47. The van der Waals surface area contributed by atoms with Gasteiger partial charge in [-0.15, -0.1) is 0 Å². The second-order valence-electron chi connectivity index (χ2n) is 7.47. The van der Waals surface area contributed by atoms with Gasteiger partial charge in [0.1, 0.15) is 6.61 Å². The average molecular weight is 316 g/mol. The molecule has 3 rings (SSSR count). The minimum atomic E-state index is -0.307. The smallest absolute Gasteiger partial charge is 0.407 e. The molecule has 0 unspecified atom stereocenters. The van der Waals surface area contributed by atoms with E-state index in [0.29, 0.717) is 18.1 Å². The summed E-state index contributed by atoms with van der Waals surface area (Å²) < 4.78 is 5.25. The van der Waals surface area contributed by atoms with Crippen molar-refractivity contribution in [2.45, 2.75) is 58.2 Å². The van der Waals surface area contributed by atoms with E-state index < -0.39 is 0 Å². The molecular weight excluding hydrogens is 288 g/mol. The first-order valence-corrected chi connectivity index (χ1v) is 8.78. The Morgan fingerprint density at radius 2 is 1.91 bits per heavy atom. The Balaban J connectivity index is 1.29. The Labute approximate surface area is 139 Å². The first-order valence-electron chi connectivity index (χ1n) is 8.78. The van der Waals surface area contributed by atoms with Gasteiger partial charge < -0.3 is 15.4 Å². The van der Waals surface area contributed by atoms with Gasteiger partial charge >= 0.3 is 6.09 Å². The molecule has 0 heterocycles. The molecule has 23 heavy (non-hydrogen) atoms. The number of carbonyl (C=O) groups excluding carboxylic acids is 1. The molecule has 0 saturated heterocycles. The molecule has 126 valence electrons. The first-order chi connectivity index (χ1) is 11.1. The lowest BCUT2D eigenvalue weighted by atomic mass is 9.85. The summed E-state index contributed by atoms with van der Waals surface area (Å²) in [7, 11) is 0. The fourth-order valence-electron chi connectivity index (χ4n) is 3.30. The molecule has 4 nitrogen and oxygen atoms in total. The number of hydrogen-bond donors (Lipinski definition) is 2. The van der Waals surface area contributed by atoms with Crippen LogP contribution in [0.15, 0.2) is 30.3 Å². The van der Waals surface area contributed by atoms with E-state index in [1.165, 1.54) is 12.8 Å². The van der Waals surface area contributed by atoms with Crippen molar-refractivity contribution in [2.24, 2.45) is 11.3 Å². The maximum absolute atomic E-state index is 11.8. The van der Waals surface area contributed by atoms with Gasteiger partial charge in [-0.3, -0.25) is 0 Å². The molecule has 2 aliphatic rings. The van der Waals surface area contributed by atoms with Crippen LogP contribution in [-0.4, -0.2) is 24.7 Å². The fraction of sp³-hybridized carbons (Fsp3) is 0.632. The van der Waals surface area contributed by atoms with E-state index in [1.807, 2.05) is 30.3 Å². The summed E-state index contributed by atoms with van der Waals surface area (Å²) in [6, 6.07) is 10.6. The molecule has 0 aromatic heterocycles. The van der Waals surface area contributed by atoms with Gasteiger partial charge in [0.25, 0.3) is 0 Å². The summed E-state index contributed by atoms with van der Waals surface area (Å²) >= 11 is 0. The third kappa shape index (κ3) is 4.25. The van der Waals surface area contributed by atoms with Crippen molar-refractivity contribution in [3.8, 4) is 0 Å². The van der Waals surface area contributed by atoms with Gasteiger partial charge in [-0.25, -0.2) is 4.79 Å². The summed E-state index contributed by atoms with van der Waals surface area (Å²) in [5.74, 6) is 0.761. The Morgan fingerprint density at radius 1 is 1.22 bits per heavy atom. The lowest BCUT2D eigenvalue weighted by Crippen LogP contribution is -2.53. The topological polar surface area (TPSA) is 50.4 Å². The molecule has 0 atom stereocenters. The zero-order valence-corrected chi connectivity index (χ0v) is 14.2. The highest BCUT2D eigenvalue weighted by molar-refractivity contribution is 5.67. The quantitative estimate of drug-likeness (QED) is 0.810. The largest absolute Gasteiger partial charge is 0.445 e. The zero-order chi connectivity index (χ0) is 16.3. The van der Waals surface area contributed by atoms with E-state index in [0.717, 1.165) is 30.9 Å². The number of benzene rings is 1. The van der Waals surface area contributed by atoms with Crippen LogP contribution in [0.2, 0.25) is 0 Å². The van der Waals surface area contributed by atoms with Crippen LogP contribution < -0.4 is 10.6 Å². The van der Waals surface area contributed by atoms with Gasteiger partial charge in [-0.05, 0) is 42.6 Å². The molecule has 1 aromatic rings. The average Bonchev–Trinajstić information content (AvgIpc) is 3.29. The van der Waals surface area contributed by atoms with Crippen molar-refractivity contribution in [3.63, 3.8) is 0 Å². The van der Waals surface area contributed by atoms with Gasteiger partial charge in [-0.1, -0.05) is 44.2 Å². The highest BCUT2D eigenvalue weighted by atomic mass is 16.5. The van der Waals surface area contributed by atoms with Gasteiger partial charge in [0, 0.05) is 18.6 Å². The van der Waals surface area contributed by atoms with Crippen molar-refractivity contribution in [1.29, 1.82) is 0 Å². The molecule has 2 fully saturated rings. The third-order valence-corrected chi connectivity index (χ3v) is 5.53. The van der Waals surface area contributed by atoms with Gasteiger partial charge in [0.2, 0.25) is 0 Å². The van der Waals surface area contributed by atoms with Gasteiger partial charge in [-0.2, -0.15) is 0 Å². The number of amides is 1. The molecule has 1 amide bonds. The lowest BCUT2D eigenvalue weighted by molar-refractivity contribution is 0.124. The Hall–Kier alpha value is -1.55. The molecular formula is C19H28N2O2. The standard InChI is InChI=1S/C19H28N2O2/c1-14(2)19(8-9-19)13-20-16-10-17(11-16)21-18(22)23-12-15-6-4-3-5-7-15/h3-7,14,16-17,20H,8-13H2,1-2H3,(H,21,22). The fourth-order valence-corrected chi connectivity index (χ4v) is 3.30. The summed E-state index contributed by atoms with van der Waals surface area (Å²) in [5, 5.41) is 6.62. The van der Waals surface area contributed by atoms with E-state index in [-0.39, 0.29) is 12.1 Å². The second kappa shape index (κ2) is 6.91. The van der Waals surface area contributed by atoms with Crippen LogP contribution in [0.1, 0.15) is 45.1 Å². The summed E-state index contributed by atoms with van der Waals surface area (Å²) in [6.45, 7) is 6.10. The van der Waals surface area contributed by atoms with E-state index >= 15 is 0 Å². The van der Waals surface area contributed by atoms with Crippen molar-refractivity contribution in [2.75, 3.05) is 6.54 Å². The number of nitrogens with one attached hydrogen (secondary N) is 2. The minimum Gasteiger partial charge on any atom is -0.445 e. The maximum Gasteiger partial charge on any atom is 0.407 e. The summed E-state index contributed by atoms with van der Waals surface area (Å²) in [6.07, 6.45) is 4.43. The third-order valence-electron chi connectivity index (χ3n) is 5.53. The van der Waals surface area contributed by atoms with Crippen LogP contribution in [0.5, 0.6) is 0 Å². The monoisotopic (exact) mass is 316 g/mol. The van der Waals surface area contributed by atoms with Crippen molar-refractivity contribution in [3.05, 3.63) is 35.9 Å². The Kier molecular flexibility index (Phi) is 4.90. The molecule has 2 saturated carbocycles. The molecule has 2 aliphatic carbocycles. The summed E-state index contributed by atoms with van der Waals surface area (Å²) in [5.41, 5.74) is 1.56. The minimum absolute atomic E-state index is 0.255. The van der Waals surface area contributed by atoms with Crippen molar-refractivity contribution < 1.29 is 9.53 Å². The highest BCUT2D eigenvalue weighted by Gasteiger charge is 2.45. The molecule has 0 spiro atoms. The first kappa shape index (κ1) is 16.3. The Morgan fingerprint density at radius 3 is 2.52 bits per heavy atom. The molecule has 2 N–H and O–H groups in total. The predicted octanol–water partition coefficient (Wildman–Crippen LogP) is 3.47. The van der Waals surface area contributed by atoms with Gasteiger partial charge in [0.15, 0.2) is 0 Å². The van der Waals surface area contributed by atoms with E-state index in [4.69, 9.17) is 4.74 Å². The van der Waals surface area contributed by atoms with Crippen LogP contribution in [-0.2, 0) is 11.3 Å². The maximum atomic E-state index is 11.8. The molecule has 0 radical (unpaired) electrons. The molecule has 1 aromatic carbocycles. The van der Waals surface area contributed by atoms with Crippen molar-refractivity contribution in [1.82, 2.24) is 10.6 Å². The number of alkyl carbamates (subject to hydrolysis) is 1. The van der Waals surface area contributed by atoms with Crippen LogP contribution in [0.4, 0.5) is 4.79 Å². The lowest BCUT2D eigenvalue weighted by Gasteiger charge is -2.37. The number of ether oxygens (including phenoxy) is 1. The van der Waals surface area contributed by atoms with Crippen LogP contribution >= 0.6 is 0 Å². The van der Waals surface area contributed by atoms with E-state index in [2.05, 4.69) is 24.5 Å². The normalized spacial score (nSPS) is 24.8. The van der Waals surface area contributed by atoms with Crippen LogP contribution in [0, 0.1) is 11.3 Å². The number of carbonyl (C=O) groups is 1. The van der Waals surface area contributed by atoms with Crippen LogP contribution in [0.25, 0.3) is 0 Å². The van der Waals surface area contributed by atoms with Crippen molar-refractivity contribution >= 4 is 6.09 Å². The zero-order valence-electron chi connectivity index (χ0n) is 14.2. The molecule has 0 aliphatic heterocycles. The van der Waals surface area contributed by atoms with E-state index in [9.17, 15) is 4.79 Å². The summed E-state index contributed by atoms with van der Waals surface area (Å²) in [4.78, 5) is 11.8. The predicted molar refractivity (Wildman–Crippen MR) is 91.1 cm³/mol.